The van der Waals surface area contributed by atoms with Crippen molar-refractivity contribution in [3.8, 4) is 0 Å². The van der Waals surface area contributed by atoms with Crippen LogP contribution in [0.15, 0.2) is 0 Å². The minimum atomic E-state index is -0.0907. The van der Waals surface area contributed by atoms with E-state index in [1.165, 1.54) is 32.1 Å². The third kappa shape index (κ3) is 3.56. The van der Waals surface area contributed by atoms with E-state index in [4.69, 9.17) is 17.3 Å². The lowest BCUT2D eigenvalue weighted by atomic mass is 9.73. The highest BCUT2D eigenvalue weighted by Gasteiger charge is 2.33. The molecule has 1 aliphatic rings. The number of nitrogens with two attached hydrogens (primary N) is 1. The first kappa shape index (κ1) is 15.8. The van der Waals surface area contributed by atoms with Gasteiger partial charge in [0.05, 0.1) is 16.4 Å². The summed E-state index contributed by atoms with van der Waals surface area (Å²) in [6.07, 6.45) is 9.64. The second-order valence-electron chi connectivity index (χ2n) is 6.59. The minimum Gasteiger partial charge on any atom is -0.325 e. The van der Waals surface area contributed by atoms with Crippen molar-refractivity contribution >= 4 is 11.6 Å². The molecule has 4 heteroatoms. The van der Waals surface area contributed by atoms with Crippen molar-refractivity contribution in [2.45, 2.75) is 70.8 Å². The molecule has 0 amide bonds. The predicted molar refractivity (Wildman–Crippen MR) is 85.1 cm³/mol. The van der Waals surface area contributed by atoms with Gasteiger partial charge in [0.2, 0.25) is 0 Å². The van der Waals surface area contributed by atoms with Crippen molar-refractivity contribution in [2.24, 2.45) is 18.7 Å². The second-order valence-corrected chi connectivity index (χ2v) is 6.97. The van der Waals surface area contributed by atoms with Gasteiger partial charge in [-0.3, -0.25) is 4.68 Å². The summed E-state index contributed by atoms with van der Waals surface area (Å²) in [6, 6.07) is 0. The Bertz CT molecular complexity index is 445. The summed E-state index contributed by atoms with van der Waals surface area (Å²) < 4.78 is 1.90. The van der Waals surface area contributed by atoms with Crippen LogP contribution in [0.1, 0.15) is 63.3 Å². The summed E-state index contributed by atoms with van der Waals surface area (Å²) in [5, 5.41) is 5.19. The Morgan fingerprint density at radius 2 is 2.05 bits per heavy atom. The topological polar surface area (TPSA) is 43.8 Å². The van der Waals surface area contributed by atoms with E-state index in [2.05, 4.69) is 12.0 Å². The fourth-order valence-electron chi connectivity index (χ4n) is 3.42. The van der Waals surface area contributed by atoms with E-state index in [-0.39, 0.29) is 5.54 Å². The van der Waals surface area contributed by atoms with Gasteiger partial charge in [-0.25, -0.2) is 0 Å². The lowest BCUT2D eigenvalue weighted by Gasteiger charge is -2.37. The van der Waals surface area contributed by atoms with E-state index in [1.807, 2.05) is 18.7 Å². The molecule has 0 aromatic carbocycles. The first-order valence-corrected chi connectivity index (χ1v) is 8.30. The molecular formula is C16H28ClN3. The van der Waals surface area contributed by atoms with Crippen molar-refractivity contribution in [1.29, 1.82) is 0 Å². The SMILES string of the molecule is CCCCC1CCC(N)(Cc2c(Cl)c(C)nn2C)CC1. The van der Waals surface area contributed by atoms with Crippen molar-refractivity contribution < 1.29 is 0 Å². The highest BCUT2D eigenvalue weighted by molar-refractivity contribution is 6.31. The molecule has 0 unspecified atom stereocenters. The molecule has 0 bridgehead atoms. The van der Waals surface area contributed by atoms with Crippen LogP contribution < -0.4 is 5.73 Å². The molecule has 0 radical (unpaired) electrons. The van der Waals surface area contributed by atoms with Crippen molar-refractivity contribution in [2.75, 3.05) is 0 Å². The standard InChI is InChI=1S/C16H28ClN3/c1-4-5-6-13-7-9-16(18,10-8-13)11-14-15(17)12(2)19-20(14)3/h13H,4-11,18H2,1-3H3. The maximum atomic E-state index is 6.63. The van der Waals surface area contributed by atoms with Gasteiger partial charge in [0.15, 0.2) is 0 Å². The Hall–Kier alpha value is -0.540. The monoisotopic (exact) mass is 297 g/mol. The summed E-state index contributed by atoms with van der Waals surface area (Å²) in [5.41, 5.74) is 8.54. The van der Waals surface area contributed by atoms with Crippen LogP contribution >= 0.6 is 11.6 Å². The van der Waals surface area contributed by atoms with Crippen LogP contribution in [0.2, 0.25) is 5.02 Å². The van der Waals surface area contributed by atoms with Crippen molar-refractivity contribution in [1.82, 2.24) is 9.78 Å². The molecular weight excluding hydrogens is 270 g/mol. The van der Waals surface area contributed by atoms with E-state index in [9.17, 15) is 0 Å². The number of hydrogen-bond acceptors (Lipinski definition) is 2. The van der Waals surface area contributed by atoms with Crippen LogP contribution in [0.3, 0.4) is 0 Å². The van der Waals surface area contributed by atoms with Gasteiger partial charge in [0.25, 0.3) is 0 Å². The zero-order valence-electron chi connectivity index (χ0n) is 13.1. The van der Waals surface area contributed by atoms with Crippen LogP contribution in [0.25, 0.3) is 0 Å². The largest absolute Gasteiger partial charge is 0.325 e. The zero-order chi connectivity index (χ0) is 14.8. The maximum absolute atomic E-state index is 6.63. The molecule has 114 valence electrons. The quantitative estimate of drug-likeness (QED) is 0.892. The number of aromatic nitrogens is 2. The lowest BCUT2D eigenvalue weighted by Crippen LogP contribution is -2.45. The van der Waals surface area contributed by atoms with Gasteiger partial charge >= 0.3 is 0 Å². The molecule has 0 spiro atoms. The average Bonchev–Trinajstić information content (AvgIpc) is 2.65. The molecule has 2 N–H and O–H groups in total. The minimum absolute atomic E-state index is 0.0907. The lowest BCUT2D eigenvalue weighted by molar-refractivity contribution is 0.219. The molecule has 1 aromatic heterocycles. The third-order valence-corrected chi connectivity index (χ3v) is 5.34. The molecule has 0 saturated heterocycles. The first-order valence-electron chi connectivity index (χ1n) is 7.92. The highest BCUT2D eigenvalue weighted by Crippen LogP contribution is 2.36. The number of unbranched alkanes of at least 4 members (excludes halogenated alkanes) is 1. The molecule has 1 saturated carbocycles. The Kier molecular flexibility index (Phi) is 5.14. The number of aryl methyl sites for hydroxylation is 2. The van der Waals surface area contributed by atoms with Gasteiger partial charge in [-0.2, -0.15) is 5.10 Å². The Labute approximate surface area is 127 Å². The molecule has 1 fully saturated rings. The Morgan fingerprint density at radius 3 is 2.55 bits per heavy atom. The molecule has 20 heavy (non-hydrogen) atoms. The Balaban J connectivity index is 1.96. The fourth-order valence-corrected chi connectivity index (χ4v) is 3.64. The van der Waals surface area contributed by atoms with Gasteiger partial charge in [-0.05, 0) is 38.5 Å². The van der Waals surface area contributed by atoms with E-state index in [1.54, 1.807) is 0 Å². The summed E-state index contributed by atoms with van der Waals surface area (Å²) >= 11 is 6.35. The first-order chi connectivity index (χ1) is 9.45. The van der Waals surface area contributed by atoms with Gasteiger partial charge in [0, 0.05) is 19.0 Å². The summed E-state index contributed by atoms with van der Waals surface area (Å²) in [6.45, 7) is 4.22. The van der Waals surface area contributed by atoms with Crippen molar-refractivity contribution in [3.63, 3.8) is 0 Å². The smallest absolute Gasteiger partial charge is 0.0847 e. The number of halogens is 1. The Morgan fingerprint density at radius 1 is 1.40 bits per heavy atom. The summed E-state index contributed by atoms with van der Waals surface area (Å²) in [7, 11) is 1.96. The fraction of sp³-hybridized carbons (Fsp3) is 0.812. The zero-order valence-corrected chi connectivity index (χ0v) is 13.8. The van der Waals surface area contributed by atoms with Gasteiger partial charge < -0.3 is 5.73 Å². The molecule has 1 aromatic rings. The average molecular weight is 298 g/mol. The molecule has 1 aliphatic carbocycles. The maximum Gasteiger partial charge on any atom is 0.0847 e. The predicted octanol–water partition coefficient (Wildman–Crippen LogP) is 4.00. The van der Waals surface area contributed by atoms with Crippen molar-refractivity contribution in [3.05, 3.63) is 16.4 Å². The number of rotatable bonds is 5. The van der Waals surface area contributed by atoms with E-state index in [0.717, 1.165) is 41.6 Å². The second kappa shape index (κ2) is 6.48. The van der Waals surface area contributed by atoms with Crippen LogP contribution in [-0.4, -0.2) is 15.3 Å². The third-order valence-electron chi connectivity index (χ3n) is 4.85. The van der Waals surface area contributed by atoms with E-state index in [0.29, 0.717) is 0 Å². The molecule has 0 atom stereocenters. The number of hydrogen-bond donors (Lipinski definition) is 1. The molecule has 3 nitrogen and oxygen atoms in total. The molecule has 1 heterocycles. The summed E-state index contributed by atoms with van der Waals surface area (Å²) in [4.78, 5) is 0. The normalized spacial score (nSPS) is 26.9. The highest BCUT2D eigenvalue weighted by atomic mass is 35.5. The van der Waals surface area contributed by atoms with Gasteiger partial charge in [0.1, 0.15) is 0 Å². The van der Waals surface area contributed by atoms with Crippen LogP contribution in [-0.2, 0) is 13.5 Å². The van der Waals surface area contributed by atoms with Crippen LogP contribution in [0, 0.1) is 12.8 Å². The summed E-state index contributed by atoms with van der Waals surface area (Å²) in [5.74, 6) is 0.885. The molecule has 0 aliphatic heterocycles. The van der Waals surface area contributed by atoms with Crippen LogP contribution in [0.4, 0.5) is 0 Å². The van der Waals surface area contributed by atoms with E-state index < -0.39 is 0 Å². The van der Waals surface area contributed by atoms with Crippen LogP contribution in [0.5, 0.6) is 0 Å². The van der Waals surface area contributed by atoms with Gasteiger partial charge in [-0.15, -0.1) is 0 Å². The number of nitrogens with zero attached hydrogens (tertiary/aromatic N) is 2. The molecule has 2 rings (SSSR count). The van der Waals surface area contributed by atoms with E-state index >= 15 is 0 Å². The van der Waals surface area contributed by atoms with Gasteiger partial charge in [-0.1, -0.05) is 37.8 Å².